The van der Waals surface area contributed by atoms with Gasteiger partial charge in [0.1, 0.15) is 17.8 Å². The molecule has 0 spiro atoms. The standard InChI is InChI=1S/C16H15ClO2/c1-3-13-9-14(6-7-15(13)17)19-16-8-12(10-18)5-4-11(16)2/h4-10H,3H2,1-2H3. The Balaban J connectivity index is 2.32. The second-order valence-corrected chi connectivity index (χ2v) is 4.76. The first-order valence-corrected chi connectivity index (χ1v) is 6.54. The average Bonchev–Trinajstić information content (AvgIpc) is 2.43. The largest absolute Gasteiger partial charge is 0.457 e. The molecule has 0 amide bonds. The van der Waals surface area contributed by atoms with Crippen LogP contribution in [-0.4, -0.2) is 6.29 Å². The van der Waals surface area contributed by atoms with Gasteiger partial charge in [0.15, 0.2) is 0 Å². The van der Waals surface area contributed by atoms with E-state index in [1.54, 1.807) is 12.1 Å². The SMILES string of the molecule is CCc1cc(Oc2cc(C=O)ccc2C)ccc1Cl. The van der Waals surface area contributed by atoms with Gasteiger partial charge in [-0.3, -0.25) is 4.79 Å². The lowest BCUT2D eigenvalue weighted by molar-refractivity contribution is 0.112. The lowest BCUT2D eigenvalue weighted by Crippen LogP contribution is -1.91. The molecule has 0 heterocycles. The predicted molar refractivity (Wildman–Crippen MR) is 77.5 cm³/mol. The summed E-state index contributed by atoms with van der Waals surface area (Å²) in [5.41, 5.74) is 2.63. The molecule has 98 valence electrons. The van der Waals surface area contributed by atoms with Gasteiger partial charge in [0.2, 0.25) is 0 Å². The zero-order valence-electron chi connectivity index (χ0n) is 10.9. The molecule has 2 aromatic carbocycles. The lowest BCUT2D eigenvalue weighted by Gasteiger charge is -2.11. The van der Waals surface area contributed by atoms with E-state index in [0.717, 1.165) is 34.6 Å². The van der Waals surface area contributed by atoms with Crippen LogP contribution in [0.4, 0.5) is 0 Å². The summed E-state index contributed by atoms with van der Waals surface area (Å²) in [5.74, 6) is 1.42. The van der Waals surface area contributed by atoms with Crippen LogP contribution in [-0.2, 0) is 6.42 Å². The zero-order chi connectivity index (χ0) is 13.8. The Kier molecular flexibility index (Phi) is 4.23. The fraction of sp³-hybridized carbons (Fsp3) is 0.188. The quantitative estimate of drug-likeness (QED) is 0.748. The van der Waals surface area contributed by atoms with Gasteiger partial charge in [-0.2, -0.15) is 0 Å². The minimum absolute atomic E-state index is 0.602. The number of carbonyl (C=O) groups excluding carboxylic acids is 1. The van der Waals surface area contributed by atoms with Crippen LogP contribution in [0.15, 0.2) is 36.4 Å². The summed E-state index contributed by atoms with van der Waals surface area (Å²) in [6.07, 6.45) is 1.66. The highest BCUT2D eigenvalue weighted by Crippen LogP contribution is 2.29. The van der Waals surface area contributed by atoms with Gasteiger partial charge in [-0.05, 0) is 48.7 Å². The highest BCUT2D eigenvalue weighted by atomic mass is 35.5. The van der Waals surface area contributed by atoms with Crippen LogP contribution in [0.3, 0.4) is 0 Å². The molecule has 2 rings (SSSR count). The Hall–Kier alpha value is -1.80. The van der Waals surface area contributed by atoms with E-state index in [2.05, 4.69) is 0 Å². The molecule has 19 heavy (non-hydrogen) atoms. The average molecular weight is 275 g/mol. The zero-order valence-corrected chi connectivity index (χ0v) is 11.7. The smallest absolute Gasteiger partial charge is 0.150 e. The summed E-state index contributed by atoms with van der Waals surface area (Å²) in [6, 6.07) is 11.0. The number of hydrogen-bond acceptors (Lipinski definition) is 2. The lowest BCUT2D eigenvalue weighted by atomic mass is 10.1. The number of halogens is 1. The van der Waals surface area contributed by atoms with E-state index in [-0.39, 0.29) is 0 Å². The van der Waals surface area contributed by atoms with Crippen LogP contribution in [0.25, 0.3) is 0 Å². The maximum Gasteiger partial charge on any atom is 0.150 e. The van der Waals surface area contributed by atoms with Gasteiger partial charge >= 0.3 is 0 Å². The van der Waals surface area contributed by atoms with E-state index in [1.165, 1.54) is 0 Å². The van der Waals surface area contributed by atoms with Crippen molar-refractivity contribution in [3.8, 4) is 11.5 Å². The number of aryl methyl sites for hydroxylation is 2. The molecule has 0 saturated heterocycles. The molecule has 0 aromatic heterocycles. The Bertz CT molecular complexity index is 606. The normalized spacial score (nSPS) is 10.3. The minimum atomic E-state index is 0.602. The van der Waals surface area contributed by atoms with Crippen LogP contribution in [0.1, 0.15) is 28.4 Å². The van der Waals surface area contributed by atoms with Crippen molar-refractivity contribution in [1.82, 2.24) is 0 Å². The maximum absolute atomic E-state index is 10.8. The van der Waals surface area contributed by atoms with E-state index >= 15 is 0 Å². The first-order valence-electron chi connectivity index (χ1n) is 6.16. The van der Waals surface area contributed by atoms with E-state index in [1.807, 2.05) is 38.1 Å². The summed E-state index contributed by atoms with van der Waals surface area (Å²) >= 11 is 6.08. The number of rotatable bonds is 4. The van der Waals surface area contributed by atoms with Crippen molar-refractivity contribution in [2.45, 2.75) is 20.3 Å². The molecular weight excluding hydrogens is 260 g/mol. The monoisotopic (exact) mass is 274 g/mol. The van der Waals surface area contributed by atoms with Gasteiger partial charge in [-0.15, -0.1) is 0 Å². The van der Waals surface area contributed by atoms with Gasteiger partial charge in [0.25, 0.3) is 0 Å². The number of aldehydes is 1. The molecule has 0 aliphatic carbocycles. The summed E-state index contributed by atoms with van der Waals surface area (Å²) in [7, 11) is 0. The Morgan fingerprint density at radius 3 is 2.68 bits per heavy atom. The van der Waals surface area contributed by atoms with Gasteiger partial charge in [-0.25, -0.2) is 0 Å². The van der Waals surface area contributed by atoms with Crippen molar-refractivity contribution in [3.05, 3.63) is 58.1 Å². The summed E-state index contributed by atoms with van der Waals surface area (Å²) in [4.78, 5) is 10.8. The fourth-order valence-electron chi connectivity index (χ4n) is 1.81. The van der Waals surface area contributed by atoms with Crippen molar-refractivity contribution in [1.29, 1.82) is 0 Å². The first-order chi connectivity index (χ1) is 9.13. The molecule has 0 unspecified atom stereocenters. The maximum atomic E-state index is 10.8. The van der Waals surface area contributed by atoms with Gasteiger partial charge in [0.05, 0.1) is 0 Å². The number of ether oxygens (including phenoxy) is 1. The van der Waals surface area contributed by atoms with Crippen molar-refractivity contribution < 1.29 is 9.53 Å². The predicted octanol–water partition coefficient (Wildman–Crippen LogP) is 4.82. The highest BCUT2D eigenvalue weighted by Gasteiger charge is 2.05. The third-order valence-corrected chi connectivity index (χ3v) is 3.34. The van der Waals surface area contributed by atoms with Crippen LogP contribution in [0.5, 0.6) is 11.5 Å². The first kappa shape index (κ1) is 13.6. The van der Waals surface area contributed by atoms with Gasteiger partial charge in [-0.1, -0.05) is 30.7 Å². The molecule has 0 N–H and O–H groups in total. The van der Waals surface area contributed by atoms with Crippen molar-refractivity contribution in [2.24, 2.45) is 0 Å². The third kappa shape index (κ3) is 3.15. The molecule has 0 bridgehead atoms. The Morgan fingerprint density at radius 1 is 1.21 bits per heavy atom. The van der Waals surface area contributed by atoms with Gasteiger partial charge in [0, 0.05) is 10.6 Å². The molecule has 3 heteroatoms. The summed E-state index contributed by atoms with van der Waals surface area (Å²) in [5, 5.41) is 0.744. The topological polar surface area (TPSA) is 26.3 Å². The van der Waals surface area contributed by atoms with E-state index in [0.29, 0.717) is 11.3 Å². The van der Waals surface area contributed by atoms with Gasteiger partial charge < -0.3 is 4.74 Å². The Labute approximate surface area is 118 Å². The highest BCUT2D eigenvalue weighted by molar-refractivity contribution is 6.31. The molecule has 0 aliphatic heterocycles. The molecule has 2 aromatic rings. The number of carbonyl (C=O) groups is 1. The Morgan fingerprint density at radius 2 is 2.00 bits per heavy atom. The van der Waals surface area contributed by atoms with Crippen LogP contribution in [0.2, 0.25) is 5.02 Å². The van der Waals surface area contributed by atoms with Crippen molar-refractivity contribution >= 4 is 17.9 Å². The van der Waals surface area contributed by atoms with Crippen LogP contribution in [0, 0.1) is 6.92 Å². The van der Waals surface area contributed by atoms with Crippen LogP contribution >= 0.6 is 11.6 Å². The molecule has 0 saturated carbocycles. The summed E-state index contributed by atoms with van der Waals surface area (Å²) < 4.78 is 5.83. The number of hydrogen-bond donors (Lipinski definition) is 0. The second kappa shape index (κ2) is 5.89. The van der Waals surface area contributed by atoms with Crippen LogP contribution < -0.4 is 4.74 Å². The molecule has 0 atom stereocenters. The minimum Gasteiger partial charge on any atom is -0.457 e. The van der Waals surface area contributed by atoms with Crippen molar-refractivity contribution in [3.63, 3.8) is 0 Å². The van der Waals surface area contributed by atoms with Crippen molar-refractivity contribution in [2.75, 3.05) is 0 Å². The third-order valence-electron chi connectivity index (χ3n) is 2.97. The molecular formula is C16H15ClO2. The molecule has 0 fully saturated rings. The molecule has 0 radical (unpaired) electrons. The summed E-state index contributed by atoms with van der Waals surface area (Å²) in [6.45, 7) is 3.99. The van der Waals surface area contributed by atoms with E-state index in [4.69, 9.17) is 16.3 Å². The molecule has 2 nitrogen and oxygen atoms in total. The number of benzene rings is 2. The second-order valence-electron chi connectivity index (χ2n) is 4.35. The molecule has 0 aliphatic rings. The van der Waals surface area contributed by atoms with E-state index < -0.39 is 0 Å². The fourth-order valence-corrected chi connectivity index (χ4v) is 2.06. The van der Waals surface area contributed by atoms with E-state index in [9.17, 15) is 4.79 Å².